The molecule has 0 fully saturated rings. The largest absolute Gasteiger partial charge is 0.466 e. The average Bonchev–Trinajstić information content (AvgIpc) is 2.30. The van der Waals surface area contributed by atoms with Crippen molar-refractivity contribution >= 4 is 17.8 Å². The molecule has 90 valence electrons. The molecule has 1 aromatic rings. The van der Waals surface area contributed by atoms with Gasteiger partial charge in [-0.2, -0.15) is 0 Å². The van der Waals surface area contributed by atoms with E-state index in [1.165, 1.54) is 0 Å². The summed E-state index contributed by atoms with van der Waals surface area (Å²) in [6.07, 6.45) is 1.57. The maximum Gasteiger partial charge on any atom is 0.313 e. The first-order valence-corrected chi connectivity index (χ1v) is 5.55. The summed E-state index contributed by atoms with van der Waals surface area (Å²) in [7, 11) is 0. The highest BCUT2D eigenvalue weighted by molar-refractivity contribution is 6.07. The fraction of sp³-hybridized carbons (Fsp3) is 0.286. The number of ether oxygens (including phenoxy) is 1. The van der Waals surface area contributed by atoms with E-state index in [9.17, 15) is 9.59 Å². The lowest BCUT2D eigenvalue weighted by molar-refractivity contribution is -0.144. The van der Waals surface area contributed by atoms with Crippen molar-refractivity contribution in [2.75, 3.05) is 6.61 Å². The van der Waals surface area contributed by atoms with Crippen LogP contribution in [0.5, 0.6) is 0 Å². The highest BCUT2D eigenvalue weighted by Gasteiger charge is 2.11. The quantitative estimate of drug-likeness (QED) is 0.445. The van der Waals surface area contributed by atoms with Crippen molar-refractivity contribution in [1.29, 1.82) is 0 Å². The maximum atomic E-state index is 11.7. The van der Waals surface area contributed by atoms with Crippen LogP contribution in [-0.4, -0.2) is 18.4 Å². The molecule has 3 nitrogen and oxygen atoms in total. The molecule has 0 aliphatic heterocycles. The third-order valence-electron chi connectivity index (χ3n) is 2.23. The number of rotatable bonds is 5. The third kappa shape index (κ3) is 4.64. The number of carbonyl (C=O) groups excluding carboxylic acids is 2. The van der Waals surface area contributed by atoms with Gasteiger partial charge in [-0.15, -0.1) is 0 Å². The zero-order valence-corrected chi connectivity index (χ0v) is 10.1. The van der Waals surface area contributed by atoms with Crippen molar-refractivity contribution in [2.45, 2.75) is 20.3 Å². The second-order valence-corrected chi connectivity index (χ2v) is 3.64. The lowest BCUT2D eigenvalue weighted by Crippen LogP contribution is -2.11. The molecule has 0 radical (unpaired) electrons. The van der Waals surface area contributed by atoms with Gasteiger partial charge in [0.2, 0.25) is 0 Å². The van der Waals surface area contributed by atoms with Gasteiger partial charge in [0.25, 0.3) is 0 Å². The van der Waals surface area contributed by atoms with Crippen LogP contribution >= 0.6 is 0 Å². The van der Waals surface area contributed by atoms with Gasteiger partial charge in [0, 0.05) is 0 Å². The number of benzene rings is 1. The highest BCUT2D eigenvalue weighted by atomic mass is 16.5. The van der Waals surface area contributed by atoms with Gasteiger partial charge in [-0.05, 0) is 31.1 Å². The second kappa shape index (κ2) is 6.63. The zero-order valence-electron chi connectivity index (χ0n) is 10.1. The number of esters is 1. The first-order chi connectivity index (χ1) is 8.13. The Labute approximate surface area is 101 Å². The van der Waals surface area contributed by atoms with Crippen LogP contribution in [0.25, 0.3) is 6.08 Å². The molecule has 0 spiro atoms. The van der Waals surface area contributed by atoms with Gasteiger partial charge in [-0.25, -0.2) is 0 Å². The lowest BCUT2D eigenvalue weighted by Gasteiger charge is -2.02. The number of allylic oxidation sites excluding steroid dienone is 1. The van der Waals surface area contributed by atoms with E-state index in [-0.39, 0.29) is 12.2 Å². The van der Waals surface area contributed by atoms with E-state index in [0.717, 1.165) is 5.56 Å². The molecule has 17 heavy (non-hydrogen) atoms. The molecule has 0 saturated carbocycles. The molecule has 0 heterocycles. The molecule has 0 amide bonds. The van der Waals surface area contributed by atoms with Crippen LogP contribution in [0.3, 0.4) is 0 Å². The summed E-state index contributed by atoms with van der Waals surface area (Å²) < 4.78 is 4.73. The fourth-order valence-corrected chi connectivity index (χ4v) is 1.36. The van der Waals surface area contributed by atoms with Crippen LogP contribution in [0.1, 0.15) is 25.8 Å². The zero-order chi connectivity index (χ0) is 12.7. The van der Waals surface area contributed by atoms with E-state index in [4.69, 9.17) is 4.74 Å². The Bertz CT molecular complexity index is 418. The van der Waals surface area contributed by atoms with Crippen molar-refractivity contribution in [3.8, 4) is 0 Å². The van der Waals surface area contributed by atoms with Gasteiger partial charge in [0.05, 0.1) is 6.61 Å². The summed E-state index contributed by atoms with van der Waals surface area (Å²) in [6.45, 7) is 3.72. The van der Waals surface area contributed by atoms with Crippen LogP contribution in [0, 0.1) is 0 Å². The SMILES string of the molecule is CCOC(=O)CC(=O)C(C)=Cc1ccccc1. The molecular weight excluding hydrogens is 216 g/mol. The maximum absolute atomic E-state index is 11.7. The minimum Gasteiger partial charge on any atom is -0.466 e. The lowest BCUT2D eigenvalue weighted by atomic mass is 10.1. The smallest absolute Gasteiger partial charge is 0.313 e. The Balaban J connectivity index is 2.64. The number of Topliss-reactive ketones (excluding diaryl/α,β-unsaturated/α-hetero) is 1. The van der Waals surface area contributed by atoms with Crippen LogP contribution in [0.4, 0.5) is 0 Å². The third-order valence-corrected chi connectivity index (χ3v) is 2.23. The van der Waals surface area contributed by atoms with Gasteiger partial charge in [-0.3, -0.25) is 9.59 Å². The molecule has 0 aliphatic carbocycles. The summed E-state index contributed by atoms with van der Waals surface area (Å²) in [4.78, 5) is 22.8. The Morgan fingerprint density at radius 3 is 2.47 bits per heavy atom. The normalized spacial score (nSPS) is 11.1. The molecule has 0 saturated heterocycles. The van der Waals surface area contributed by atoms with Crippen molar-refractivity contribution in [2.24, 2.45) is 0 Å². The fourth-order valence-electron chi connectivity index (χ4n) is 1.36. The average molecular weight is 232 g/mol. The standard InChI is InChI=1S/C14H16O3/c1-3-17-14(16)10-13(15)11(2)9-12-7-5-4-6-8-12/h4-9H,3,10H2,1-2H3. The minimum atomic E-state index is -0.474. The van der Waals surface area contributed by atoms with Crippen molar-refractivity contribution in [1.82, 2.24) is 0 Å². The van der Waals surface area contributed by atoms with Crippen LogP contribution in [0.2, 0.25) is 0 Å². The predicted octanol–water partition coefficient (Wildman–Crippen LogP) is 2.61. The van der Waals surface area contributed by atoms with Crippen LogP contribution < -0.4 is 0 Å². The molecule has 0 unspecified atom stereocenters. The Hall–Kier alpha value is -1.90. The van der Waals surface area contributed by atoms with E-state index in [1.54, 1.807) is 19.9 Å². The van der Waals surface area contributed by atoms with E-state index < -0.39 is 5.97 Å². The Morgan fingerprint density at radius 2 is 1.88 bits per heavy atom. The topological polar surface area (TPSA) is 43.4 Å². The molecule has 0 atom stereocenters. The Morgan fingerprint density at radius 1 is 1.24 bits per heavy atom. The molecule has 0 aromatic heterocycles. The van der Waals surface area contributed by atoms with Crippen LogP contribution in [-0.2, 0) is 14.3 Å². The van der Waals surface area contributed by atoms with E-state index in [2.05, 4.69) is 0 Å². The summed E-state index contributed by atoms with van der Waals surface area (Å²) in [5.41, 5.74) is 1.51. The van der Waals surface area contributed by atoms with Gasteiger partial charge in [0.15, 0.2) is 5.78 Å². The molecule has 1 aromatic carbocycles. The van der Waals surface area contributed by atoms with Crippen LogP contribution in [0.15, 0.2) is 35.9 Å². The van der Waals surface area contributed by atoms with Crippen molar-refractivity contribution in [3.05, 3.63) is 41.5 Å². The highest BCUT2D eigenvalue weighted by Crippen LogP contribution is 2.08. The molecule has 3 heteroatoms. The van der Waals surface area contributed by atoms with E-state index >= 15 is 0 Å². The molecular formula is C14H16O3. The molecule has 0 aliphatic rings. The number of hydrogen-bond acceptors (Lipinski definition) is 3. The van der Waals surface area contributed by atoms with E-state index in [1.807, 2.05) is 30.3 Å². The predicted molar refractivity (Wildman–Crippen MR) is 66.4 cm³/mol. The van der Waals surface area contributed by atoms with Crippen molar-refractivity contribution < 1.29 is 14.3 Å². The monoisotopic (exact) mass is 232 g/mol. The molecule has 0 N–H and O–H groups in total. The summed E-state index contributed by atoms with van der Waals surface area (Å²) in [6, 6.07) is 9.51. The summed E-state index contributed by atoms with van der Waals surface area (Å²) >= 11 is 0. The van der Waals surface area contributed by atoms with Gasteiger partial charge < -0.3 is 4.74 Å². The first-order valence-electron chi connectivity index (χ1n) is 5.55. The van der Waals surface area contributed by atoms with Crippen molar-refractivity contribution in [3.63, 3.8) is 0 Å². The Kier molecular flexibility index (Phi) is 5.14. The molecule has 0 bridgehead atoms. The molecule has 1 rings (SSSR count). The minimum absolute atomic E-state index is 0.191. The summed E-state index contributed by atoms with van der Waals surface area (Å²) in [5, 5.41) is 0. The summed E-state index contributed by atoms with van der Waals surface area (Å²) in [5.74, 6) is -0.675. The van der Waals surface area contributed by atoms with Gasteiger partial charge in [0.1, 0.15) is 6.42 Å². The number of hydrogen-bond donors (Lipinski definition) is 0. The second-order valence-electron chi connectivity index (χ2n) is 3.64. The van der Waals surface area contributed by atoms with Gasteiger partial charge >= 0.3 is 5.97 Å². The van der Waals surface area contributed by atoms with Gasteiger partial charge in [-0.1, -0.05) is 30.3 Å². The number of carbonyl (C=O) groups is 2. The first kappa shape index (κ1) is 13.2. The number of ketones is 1. The van der Waals surface area contributed by atoms with E-state index in [0.29, 0.717) is 12.2 Å².